The number of furan rings is 1. The second kappa shape index (κ2) is 5.58. The summed E-state index contributed by atoms with van der Waals surface area (Å²) in [5, 5.41) is 13.6. The Morgan fingerprint density at radius 3 is 2.65 bits per heavy atom. The molecular formula is C16H13FN4OS. The molecule has 0 spiro atoms. The van der Waals surface area contributed by atoms with Crippen molar-refractivity contribution in [2.75, 3.05) is 0 Å². The lowest BCUT2D eigenvalue weighted by Gasteiger charge is -1.96. The lowest BCUT2D eigenvalue weighted by atomic mass is 10.2. The predicted octanol–water partition coefficient (Wildman–Crippen LogP) is 4.20. The van der Waals surface area contributed by atoms with Crippen LogP contribution in [0, 0.1) is 5.82 Å². The molecule has 4 aromatic rings. The van der Waals surface area contributed by atoms with E-state index in [1.54, 1.807) is 16.6 Å². The molecule has 3 aromatic heterocycles. The molecule has 0 aliphatic carbocycles. The van der Waals surface area contributed by atoms with Crippen LogP contribution in [0.5, 0.6) is 0 Å². The summed E-state index contributed by atoms with van der Waals surface area (Å²) in [5.74, 6) is 1.94. The minimum atomic E-state index is -0.266. The van der Waals surface area contributed by atoms with Gasteiger partial charge >= 0.3 is 0 Å². The molecule has 3 heterocycles. The molecule has 0 radical (unpaired) electrons. The number of aryl methyl sites for hydroxylation is 1. The highest BCUT2D eigenvalue weighted by atomic mass is 32.1. The number of halogens is 1. The zero-order valence-corrected chi connectivity index (χ0v) is 13.2. The molecule has 0 unspecified atom stereocenters. The highest BCUT2D eigenvalue weighted by molar-refractivity contribution is 7.19. The van der Waals surface area contributed by atoms with Crippen molar-refractivity contribution >= 4 is 16.3 Å². The Morgan fingerprint density at radius 2 is 1.87 bits per heavy atom. The van der Waals surface area contributed by atoms with E-state index in [0.717, 1.165) is 34.2 Å². The molecular weight excluding hydrogens is 315 g/mol. The number of benzene rings is 1. The summed E-state index contributed by atoms with van der Waals surface area (Å²) >= 11 is 1.43. The van der Waals surface area contributed by atoms with Gasteiger partial charge < -0.3 is 4.42 Å². The van der Waals surface area contributed by atoms with Gasteiger partial charge in [0.15, 0.2) is 16.6 Å². The predicted molar refractivity (Wildman–Crippen MR) is 85.8 cm³/mol. The number of hydrogen-bond acceptors (Lipinski definition) is 5. The van der Waals surface area contributed by atoms with Crippen molar-refractivity contribution in [2.45, 2.75) is 19.8 Å². The van der Waals surface area contributed by atoms with E-state index in [0.29, 0.717) is 11.5 Å². The standard InChI is InChI=1S/C16H13FN4OS/c1-2-3-14-18-19-16-21(14)20-15(23-16)13-9-8-12(22-13)10-4-6-11(17)7-5-10/h4-9H,2-3H2,1H3. The Hall–Kier alpha value is -2.54. The van der Waals surface area contributed by atoms with Crippen molar-refractivity contribution in [1.29, 1.82) is 0 Å². The van der Waals surface area contributed by atoms with E-state index >= 15 is 0 Å². The van der Waals surface area contributed by atoms with Gasteiger partial charge in [-0.25, -0.2) is 4.39 Å². The lowest BCUT2D eigenvalue weighted by Crippen LogP contribution is -1.94. The van der Waals surface area contributed by atoms with Gasteiger partial charge in [0.05, 0.1) is 0 Å². The van der Waals surface area contributed by atoms with Crippen LogP contribution in [-0.2, 0) is 6.42 Å². The number of hydrogen-bond donors (Lipinski definition) is 0. The van der Waals surface area contributed by atoms with Crippen molar-refractivity contribution in [1.82, 2.24) is 19.8 Å². The molecule has 0 aliphatic heterocycles. The molecule has 4 rings (SSSR count). The first kappa shape index (κ1) is 14.1. The van der Waals surface area contributed by atoms with Crippen molar-refractivity contribution in [3.8, 4) is 22.1 Å². The van der Waals surface area contributed by atoms with Crippen LogP contribution < -0.4 is 0 Å². The second-order valence-corrected chi connectivity index (χ2v) is 6.09. The van der Waals surface area contributed by atoms with Crippen LogP contribution in [0.1, 0.15) is 19.2 Å². The molecule has 0 saturated heterocycles. The van der Waals surface area contributed by atoms with Gasteiger partial charge in [0.2, 0.25) is 4.96 Å². The van der Waals surface area contributed by atoms with Gasteiger partial charge in [0, 0.05) is 12.0 Å². The van der Waals surface area contributed by atoms with E-state index in [1.807, 2.05) is 12.1 Å². The molecule has 0 amide bonds. The van der Waals surface area contributed by atoms with Gasteiger partial charge in [-0.15, -0.1) is 15.3 Å². The first-order valence-electron chi connectivity index (χ1n) is 7.32. The van der Waals surface area contributed by atoms with Gasteiger partial charge in [0.1, 0.15) is 11.6 Å². The number of aromatic nitrogens is 4. The summed E-state index contributed by atoms with van der Waals surface area (Å²) in [6, 6.07) is 9.93. The molecule has 0 aliphatic rings. The van der Waals surface area contributed by atoms with E-state index < -0.39 is 0 Å². The molecule has 0 atom stereocenters. The zero-order valence-electron chi connectivity index (χ0n) is 12.4. The Kier molecular flexibility index (Phi) is 3.42. The minimum absolute atomic E-state index is 0.266. The van der Waals surface area contributed by atoms with E-state index in [4.69, 9.17) is 4.42 Å². The highest BCUT2D eigenvalue weighted by Gasteiger charge is 2.15. The van der Waals surface area contributed by atoms with Gasteiger partial charge in [-0.3, -0.25) is 0 Å². The van der Waals surface area contributed by atoms with Crippen LogP contribution in [0.2, 0.25) is 0 Å². The van der Waals surface area contributed by atoms with Gasteiger partial charge in [-0.1, -0.05) is 18.3 Å². The molecule has 7 heteroatoms. The molecule has 0 saturated carbocycles. The van der Waals surface area contributed by atoms with Crippen LogP contribution >= 0.6 is 11.3 Å². The van der Waals surface area contributed by atoms with Crippen molar-refractivity contribution < 1.29 is 8.81 Å². The molecule has 5 nitrogen and oxygen atoms in total. The Bertz CT molecular complexity index is 954. The zero-order chi connectivity index (χ0) is 15.8. The van der Waals surface area contributed by atoms with E-state index in [1.165, 1.54) is 23.5 Å². The molecule has 0 bridgehead atoms. The number of fused-ring (bicyclic) bond motifs is 1. The highest BCUT2D eigenvalue weighted by Crippen LogP contribution is 2.31. The van der Waals surface area contributed by atoms with E-state index in [-0.39, 0.29) is 5.82 Å². The van der Waals surface area contributed by atoms with Crippen LogP contribution in [0.3, 0.4) is 0 Å². The summed E-state index contributed by atoms with van der Waals surface area (Å²) in [7, 11) is 0. The second-order valence-electron chi connectivity index (χ2n) is 5.14. The SMILES string of the molecule is CCCc1nnc2sc(-c3ccc(-c4ccc(F)cc4)o3)nn12. The topological polar surface area (TPSA) is 56.2 Å². The van der Waals surface area contributed by atoms with Crippen molar-refractivity contribution in [3.05, 3.63) is 48.0 Å². The molecule has 0 N–H and O–H groups in total. The smallest absolute Gasteiger partial charge is 0.235 e. The van der Waals surface area contributed by atoms with E-state index in [2.05, 4.69) is 22.2 Å². The first-order chi connectivity index (χ1) is 11.2. The van der Waals surface area contributed by atoms with Gasteiger partial charge in [0.25, 0.3) is 0 Å². The van der Waals surface area contributed by atoms with E-state index in [9.17, 15) is 4.39 Å². The fourth-order valence-electron chi connectivity index (χ4n) is 2.36. The molecule has 0 fully saturated rings. The molecule has 116 valence electrons. The monoisotopic (exact) mass is 328 g/mol. The lowest BCUT2D eigenvalue weighted by molar-refractivity contribution is 0.594. The van der Waals surface area contributed by atoms with Gasteiger partial charge in [-0.05, 0) is 42.8 Å². The quantitative estimate of drug-likeness (QED) is 0.563. The Balaban J connectivity index is 1.69. The van der Waals surface area contributed by atoms with Crippen molar-refractivity contribution in [2.24, 2.45) is 0 Å². The third kappa shape index (κ3) is 2.53. The van der Waals surface area contributed by atoms with Crippen LogP contribution in [0.15, 0.2) is 40.8 Å². The summed E-state index contributed by atoms with van der Waals surface area (Å²) in [5.41, 5.74) is 0.826. The fourth-order valence-corrected chi connectivity index (χ4v) is 3.18. The average Bonchev–Trinajstić information content (AvgIpc) is 3.24. The maximum Gasteiger partial charge on any atom is 0.235 e. The first-order valence-corrected chi connectivity index (χ1v) is 8.13. The third-order valence-electron chi connectivity index (χ3n) is 3.47. The summed E-state index contributed by atoms with van der Waals surface area (Å²) in [6.07, 6.45) is 1.83. The fraction of sp³-hybridized carbons (Fsp3) is 0.188. The Morgan fingerprint density at radius 1 is 1.09 bits per heavy atom. The molecule has 1 aromatic carbocycles. The van der Waals surface area contributed by atoms with Crippen molar-refractivity contribution in [3.63, 3.8) is 0 Å². The average molecular weight is 328 g/mol. The van der Waals surface area contributed by atoms with Gasteiger partial charge in [-0.2, -0.15) is 4.52 Å². The summed E-state index contributed by atoms with van der Waals surface area (Å²) in [6.45, 7) is 2.09. The summed E-state index contributed by atoms with van der Waals surface area (Å²) in [4.78, 5) is 0.753. The Labute approximate surface area is 135 Å². The summed E-state index contributed by atoms with van der Waals surface area (Å²) < 4.78 is 20.6. The third-order valence-corrected chi connectivity index (χ3v) is 4.39. The normalized spacial score (nSPS) is 11.4. The van der Waals surface area contributed by atoms with Crippen LogP contribution in [0.25, 0.3) is 27.1 Å². The molecule has 23 heavy (non-hydrogen) atoms. The van der Waals surface area contributed by atoms with Crippen LogP contribution in [0.4, 0.5) is 4.39 Å². The maximum absolute atomic E-state index is 13.0. The largest absolute Gasteiger partial charge is 0.454 e. The maximum atomic E-state index is 13.0. The number of nitrogens with zero attached hydrogens (tertiary/aromatic N) is 4. The van der Waals surface area contributed by atoms with Crippen LogP contribution in [-0.4, -0.2) is 19.8 Å². The number of rotatable bonds is 4. The minimum Gasteiger partial charge on any atom is -0.454 e.